The number of carbonyl (C=O) groups excluding carboxylic acids is 2. The van der Waals surface area contributed by atoms with Crippen molar-refractivity contribution < 1.29 is 19.1 Å². The highest BCUT2D eigenvalue weighted by Crippen LogP contribution is 2.44. The van der Waals surface area contributed by atoms with E-state index < -0.39 is 17.7 Å². The fraction of sp³-hybridized carbons (Fsp3) is 0.0909. The number of anilines is 1. The maximum atomic E-state index is 13.0. The average Bonchev–Trinajstić information content (AvgIpc) is 3.32. The van der Waals surface area contributed by atoms with Crippen LogP contribution in [0.2, 0.25) is 5.02 Å². The lowest BCUT2D eigenvalue weighted by Gasteiger charge is -2.25. The average molecular weight is 473 g/mol. The summed E-state index contributed by atoms with van der Waals surface area (Å²) < 4.78 is 6.37. The zero-order valence-electron chi connectivity index (χ0n) is 15.2. The van der Waals surface area contributed by atoms with E-state index in [9.17, 15) is 14.7 Å². The SMILES string of the molecule is Cc1c(Cl)cccc1N1C(=O)C(=O)/C(=C(\O)c2ccc(Br)cc2)C1c1ccco1. The quantitative estimate of drug-likeness (QED) is 0.305. The van der Waals surface area contributed by atoms with Crippen LogP contribution < -0.4 is 4.90 Å². The molecule has 1 unspecified atom stereocenters. The first-order valence-electron chi connectivity index (χ1n) is 8.75. The van der Waals surface area contributed by atoms with Gasteiger partial charge >= 0.3 is 0 Å². The molecule has 1 aliphatic rings. The summed E-state index contributed by atoms with van der Waals surface area (Å²) in [4.78, 5) is 27.3. The van der Waals surface area contributed by atoms with Crippen LogP contribution in [0.5, 0.6) is 0 Å². The van der Waals surface area contributed by atoms with Crippen molar-refractivity contribution in [1.29, 1.82) is 0 Å². The summed E-state index contributed by atoms with van der Waals surface area (Å²) >= 11 is 9.59. The zero-order valence-corrected chi connectivity index (χ0v) is 17.6. The predicted octanol–water partition coefficient (Wildman–Crippen LogP) is 5.63. The number of hydrogen-bond acceptors (Lipinski definition) is 4. The van der Waals surface area contributed by atoms with Crippen LogP contribution in [0.1, 0.15) is 22.9 Å². The van der Waals surface area contributed by atoms with Gasteiger partial charge in [-0.3, -0.25) is 14.5 Å². The number of Topliss-reactive ketones (excluding diaryl/α,β-unsaturated/α-hetero) is 1. The molecule has 0 saturated carbocycles. The Hall–Kier alpha value is -2.83. The van der Waals surface area contributed by atoms with Gasteiger partial charge in [-0.05, 0) is 48.9 Å². The Kier molecular flexibility index (Phi) is 5.06. The van der Waals surface area contributed by atoms with E-state index in [1.807, 2.05) is 0 Å². The minimum Gasteiger partial charge on any atom is -0.507 e. The molecule has 1 N–H and O–H groups in total. The second kappa shape index (κ2) is 7.54. The number of aliphatic hydroxyl groups is 1. The minimum atomic E-state index is -0.911. The fourth-order valence-corrected chi connectivity index (χ4v) is 3.85. The molecule has 3 aromatic rings. The van der Waals surface area contributed by atoms with Gasteiger partial charge in [-0.15, -0.1) is 0 Å². The number of amides is 1. The highest BCUT2D eigenvalue weighted by atomic mass is 79.9. The van der Waals surface area contributed by atoms with E-state index >= 15 is 0 Å². The number of rotatable bonds is 3. The molecule has 0 bridgehead atoms. The normalized spacial score (nSPS) is 18.4. The Balaban J connectivity index is 1.95. The van der Waals surface area contributed by atoms with Gasteiger partial charge in [0.1, 0.15) is 17.6 Å². The van der Waals surface area contributed by atoms with Crippen molar-refractivity contribution in [3.05, 3.63) is 92.8 Å². The van der Waals surface area contributed by atoms with Gasteiger partial charge in [-0.25, -0.2) is 0 Å². The zero-order chi connectivity index (χ0) is 20.7. The molecule has 0 spiro atoms. The molecule has 1 aliphatic heterocycles. The van der Waals surface area contributed by atoms with Gasteiger partial charge in [0.15, 0.2) is 0 Å². The number of carbonyl (C=O) groups is 2. The number of halogens is 2. The second-order valence-electron chi connectivity index (χ2n) is 6.58. The first-order valence-corrected chi connectivity index (χ1v) is 9.92. The van der Waals surface area contributed by atoms with Gasteiger partial charge in [0.05, 0.1) is 11.8 Å². The molecule has 0 aliphatic carbocycles. The summed E-state index contributed by atoms with van der Waals surface area (Å²) in [6.07, 6.45) is 1.46. The standard InChI is InChI=1S/C22H15BrClNO4/c1-12-15(24)4-2-5-16(12)25-19(17-6-3-11-29-17)18(21(27)22(25)28)20(26)13-7-9-14(23)10-8-13/h2-11,19,26H,1H3/b20-18-. The largest absolute Gasteiger partial charge is 0.507 e. The molecule has 1 saturated heterocycles. The molecule has 1 amide bonds. The van der Waals surface area contributed by atoms with Gasteiger partial charge < -0.3 is 9.52 Å². The monoisotopic (exact) mass is 471 g/mol. The van der Waals surface area contributed by atoms with Gasteiger partial charge in [-0.2, -0.15) is 0 Å². The van der Waals surface area contributed by atoms with E-state index in [0.717, 1.165) is 4.47 Å². The summed E-state index contributed by atoms with van der Waals surface area (Å²) in [5, 5.41) is 11.4. The Morgan fingerprint density at radius 2 is 1.83 bits per heavy atom. The van der Waals surface area contributed by atoms with Gasteiger partial charge in [-0.1, -0.05) is 45.7 Å². The van der Waals surface area contributed by atoms with Crippen LogP contribution in [0.25, 0.3) is 5.76 Å². The number of furan rings is 1. The first kappa shape index (κ1) is 19.5. The molecular formula is C22H15BrClNO4. The topological polar surface area (TPSA) is 70.8 Å². The molecule has 1 atom stereocenters. The van der Waals surface area contributed by atoms with Crippen LogP contribution in [-0.2, 0) is 9.59 Å². The summed E-state index contributed by atoms with van der Waals surface area (Å²) in [7, 11) is 0. The number of benzene rings is 2. The Morgan fingerprint density at radius 1 is 1.10 bits per heavy atom. The molecule has 1 fully saturated rings. The van der Waals surface area contributed by atoms with E-state index in [1.165, 1.54) is 11.2 Å². The third-order valence-electron chi connectivity index (χ3n) is 4.87. The maximum Gasteiger partial charge on any atom is 0.300 e. The molecule has 0 radical (unpaired) electrons. The molecule has 146 valence electrons. The van der Waals surface area contributed by atoms with E-state index in [0.29, 0.717) is 27.6 Å². The summed E-state index contributed by atoms with van der Waals surface area (Å²) in [5.41, 5.74) is 1.52. The number of nitrogens with zero attached hydrogens (tertiary/aromatic N) is 1. The highest BCUT2D eigenvalue weighted by molar-refractivity contribution is 9.10. The summed E-state index contributed by atoms with van der Waals surface area (Å²) in [6.45, 7) is 1.77. The van der Waals surface area contributed by atoms with Crippen LogP contribution in [-0.4, -0.2) is 16.8 Å². The van der Waals surface area contributed by atoms with Crippen molar-refractivity contribution in [2.45, 2.75) is 13.0 Å². The van der Waals surface area contributed by atoms with Crippen LogP contribution in [0.4, 0.5) is 5.69 Å². The van der Waals surface area contributed by atoms with Crippen molar-refractivity contribution in [2.24, 2.45) is 0 Å². The lowest BCUT2D eigenvalue weighted by atomic mass is 9.99. The van der Waals surface area contributed by atoms with E-state index in [2.05, 4.69) is 15.9 Å². The lowest BCUT2D eigenvalue weighted by molar-refractivity contribution is -0.132. The van der Waals surface area contributed by atoms with Crippen molar-refractivity contribution in [1.82, 2.24) is 0 Å². The third-order valence-corrected chi connectivity index (χ3v) is 5.81. The van der Waals surface area contributed by atoms with Gasteiger partial charge in [0, 0.05) is 20.7 Å². The minimum absolute atomic E-state index is 0.0355. The molecule has 4 rings (SSSR count). The van der Waals surface area contributed by atoms with Crippen LogP contribution in [0.15, 0.2) is 75.3 Å². The summed E-state index contributed by atoms with van der Waals surface area (Å²) in [5.74, 6) is -1.44. The van der Waals surface area contributed by atoms with Gasteiger partial charge in [0.2, 0.25) is 0 Å². The Morgan fingerprint density at radius 3 is 2.48 bits per heavy atom. The number of ketones is 1. The second-order valence-corrected chi connectivity index (χ2v) is 7.90. The smallest absolute Gasteiger partial charge is 0.300 e. The van der Waals surface area contributed by atoms with Crippen molar-refractivity contribution in [3.63, 3.8) is 0 Å². The molecular weight excluding hydrogens is 458 g/mol. The molecule has 7 heteroatoms. The van der Waals surface area contributed by atoms with Crippen molar-refractivity contribution >= 4 is 50.7 Å². The molecule has 29 heavy (non-hydrogen) atoms. The van der Waals surface area contributed by atoms with Gasteiger partial charge in [0.25, 0.3) is 11.7 Å². The van der Waals surface area contributed by atoms with Crippen molar-refractivity contribution in [3.8, 4) is 0 Å². The summed E-state index contributed by atoms with van der Waals surface area (Å²) in [6, 6.07) is 14.4. The Bertz CT molecular complexity index is 1140. The number of aliphatic hydroxyl groups excluding tert-OH is 1. The van der Waals surface area contributed by atoms with Crippen LogP contribution in [0.3, 0.4) is 0 Å². The third kappa shape index (κ3) is 3.28. The predicted molar refractivity (Wildman–Crippen MR) is 114 cm³/mol. The van der Waals surface area contributed by atoms with Crippen molar-refractivity contribution in [2.75, 3.05) is 4.90 Å². The Labute approximate surface area is 180 Å². The molecule has 2 aromatic carbocycles. The maximum absolute atomic E-state index is 13.0. The highest BCUT2D eigenvalue weighted by Gasteiger charge is 2.48. The fourth-order valence-electron chi connectivity index (χ4n) is 3.42. The van der Waals surface area contributed by atoms with E-state index in [4.69, 9.17) is 16.0 Å². The van der Waals surface area contributed by atoms with E-state index in [-0.39, 0.29) is 11.3 Å². The number of hydrogen-bond donors (Lipinski definition) is 1. The van der Waals surface area contributed by atoms with Crippen LogP contribution >= 0.6 is 27.5 Å². The molecule has 2 heterocycles. The molecule has 1 aromatic heterocycles. The molecule has 5 nitrogen and oxygen atoms in total. The first-order chi connectivity index (χ1) is 13.9. The van der Waals surface area contributed by atoms with Crippen LogP contribution in [0, 0.1) is 6.92 Å². The van der Waals surface area contributed by atoms with E-state index in [1.54, 1.807) is 61.5 Å². The lowest BCUT2D eigenvalue weighted by Crippen LogP contribution is -2.30.